The molecule has 1 aromatic carbocycles. The Kier molecular flexibility index (Phi) is 5.99. The largest absolute Gasteiger partial charge is 0.313 e. The SMILES string of the molecule is CCCNCc1ccc(SC(C)C#N)cc1. The van der Waals surface area contributed by atoms with Gasteiger partial charge in [0.05, 0.1) is 11.3 Å². The van der Waals surface area contributed by atoms with Crippen molar-refractivity contribution in [1.29, 1.82) is 5.26 Å². The van der Waals surface area contributed by atoms with Crippen molar-refractivity contribution in [3.8, 4) is 6.07 Å². The predicted octanol–water partition coefficient (Wildman–Crippen LogP) is 3.19. The van der Waals surface area contributed by atoms with Crippen LogP contribution in [0.2, 0.25) is 0 Å². The normalized spacial score (nSPS) is 12.1. The lowest BCUT2D eigenvalue weighted by Gasteiger charge is -2.06. The molecule has 1 aromatic rings. The molecule has 0 bridgehead atoms. The van der Waals surface area contributed by atoms with Gasteiger partial charge in [-0.3, -0.25) is 0 Å². The van der Waals surface area contributed by atoms with Crippen molar-refractivity contribution in [2.24, 2.45) is 0 Å². The predicted molar refractivity (Wildman–Crippen MR) is 69.4 cm³/mol. The molecule has 0 saturated heterocycles. The van der Waals surface area contributed by atoms with Crippen molar-refractivity contribution in [1.82, 2.24) is 5.32 Å². The number of nitrogens with zero attached hydrogens (tertiary/aromatic N) is 1. The van der Waals surface area contributed by atoms with Crippen LogP contribution in [0.4, 0.5) is 0 Å². The molecule has 0 aromatic heterocycles. The summed E-state index contributed by atoms with van der Waals surface area (Å²) >= 11 is 1.60. The van der Waals surface area contributed by atoms with Crippen LogP contribution in [0.5, 0.6) is 0 Å². The summed E-state index contributed by atoms with van der Waals surface area (Å²) in [7, 11) is 0. The maximum Gasteiger partial charge on any atom is 0.0935 e. The highest BCUT2D eigenvalue weighted by molar-refractivity contribution is 8.00. The highest BCUT2D eigenvalue weighted by Crippen LogP contribution is 2.22. The van der Waals surface area contributed by atoms with Gasteiger partial charge < -0.3 is 5.32 Å². The maximum atomic E-state index is 8.71. The Morgan fingerprint density at radius 3 is 2.62 bits per heavy atom. The highest BCUT2D eigenvalue weighted by Gasteiger charge is 2.01. The van der Waals surface area contributed by atoms with Gasteiger partial charge in [-0.05, 0) is 37.6 Å². The third-order valence-electron chi connectivity index (χ3n) is 2.17. The quantitative estimate of drug-likeness (QED) is 0.606. The van der Waals surface area contributed by atoms with Gasteiger partial charge >= 0.3 is 0 Å². The van der Waals surface area contributed by atoms with Crippen molar-refractivity contribution in [2.45, 2.75) is 37.0 Å². The fraction of sp³-hybridized carbons (Fsp3) is 0.462. The van der Waals surface area contributed by atoms with Crippen molar-refractivity contribution >= 4 is 11.8 Å². The molecule has 0 amide bonds. The zero-order chi connectivity index (χ0) is 11.8. The molecule has 2 nitrogen and oxygen atoms in total. The Bertz CT molecular complexity index is 340. The highest BCUT2D eigenvalue weighted by atomic mass is 32.2. The van der Waals surface area contributed by atoms with Crippen LogP contribution in [0.15, 0.2) is 29.2 Å². The number of rotatable bonds is 6. The van der Waals surface area contributed by atoms with E-state index >= 15 is 0 Å². The third-order valence-corrected chi connectivity index (χ3v) is 3.18. The minimum absolute atomic E-state index is 0.0177. The first-order chi connectivity index (χ1) is 7.76. The second-order valence-corrected chi connectivity index (χ2v) is 5.12. The number of nitriles is 1. The van der Waals surface area contributed by atoms with Crippen LogP contribution < -0.4 is 5.32 Å². The first kappa shape index (κ1) is 13.1. The lowest BCUT2D eigenvalue weighted by atomic mass is 10.2. The molecule has 1 N–H and O–H groups in total. The summed E-state index contributed by atoms with van der Waals surface area (Å²) in [6.45, 7) is 6.06. The summed E-state index contributed by atoms with van der Waals surface area (Å²) in [4.78, 5) is 1.16. The molecule has 1 rings (SSSR count). The molecule has 0 aliphatic rings. The Hall–Kier alpha value is -0.980. The van der Waals surface area contributed by atoms with Gasteiger partial charge in [0.25, 0.3) is 0 Å². The fourth-order valence-electron chi connectivity index (χ4n) is 1.33. The average molecular weight is 234 g/mol. The summed E-state index contributed by atoms with van der Waals surface area (Å²) in [6, 6.07) is 10.6. The minimum Gasteiger partial charge on any atom is -0.313 e. The monoisotopic (exact) mass is 234 g/mol. The third kappa shape index (κ3) is 4.69. The van der Waals surface area contributed by atoms with Gasteiger partial charge in [0.2, 0.25) is 0 Å². The number of hydrogen-bond acceptors (Lipinski definition) is 3. The molecule has 0 saturated carbocycles. The van der Waals surface area contributed by atoms with Gasteiger partial charge in [-0.2, -0.15) is 5.26 Å². The van der Waals surface area contributed by atoms with Gasteiger partial charge in [-0.1, -0.05) is 19.1 Å². The van der Waals surface area contributed by atoms with E-state index in [1.165, 1.54) is 5.56 Å². The summed E-state index contributed by atoms with van der Waals surface area (Å²) in [5.41, 5.74) is 1.29. The van der Waals surface area contributed by atoms with E-state index in [4.69, 9.17) is 5.26 Å². The van der Waals surface area contributed by atoms with Crippen LogP contribution in [0.25, 0.3) is 0 Å². The van der Waals surface area contributed by atoms with Crippen molar-refractivity contribution in [3.63, 3.8) is 0 Å². The number of hydrogen-bond donors (Lipinski definition) is 1. The molecule has 0 heterocycles. The summed E-state index contributed by atoms with van der Waals surface area (Å²) < 4.78 is 0. The van der Waals surface area contributed by atoms with Gasteiger partial charge in [0, 0.05) is 11.4 Å². The number of thioether (sulfide) groups is 1. The van der Waals surface area contributed by atoms with Crippen LogP contribution in [0, 0.1) is 11.3 Å². The van der Waals surface area contributed by atoms with E-state index in [0.717, 1.165) is 24.4 Å². The Morgan fingerprint density at radius 2 is 2.06 bits per heavy atom. The molecule has 0 fully saturated rings. The van der Waals surface area contributed by atoms with E-state index in [2.05, 4.69) is 42.6 Å². The molecule has 16 heavy (non-hydrogen) atoms. The van der Waals surface area contributed by atoms with Crippen molar-refractivity contribution in [3.05, 3.63) is 29.8 Å². The molecule has 3 heteroatoms. The zero-order valence-electron chi connectivity index (χ0n) is 9.86. The van der Waals surface area contributed by atoms with Gasteiger partial charge in [0.15, 0.2) is 0 Å². The van der Waals surface area contributed by atoms with E-state index in [0.29, 0.717) is 0 Å². The molecule has 0 aliphatic carbocycles. The van der Waals surface area contributed by atoms with Crippen LogP contribution >= 0.6 is 11.8 Å². The summed E-state index contributed by atoms with van der Waals surface area (Å²) in [5.74, 6) is 0. The molecule has 0 aliphatic heterocycles. The topological polar surface area (TPSA) is 35.8 Å². The molecule has 86 valence electrons. The Morgan fingerprint density at radius 1 is 1.38 bits per heavy atom. The molecule has 1 atom stereocenters. The minimum atomic E-state index is 0.0177. The maximum absolute atomic E-state index is 8.71. The smallest absolute Gasteiger partial charge is 0.0935 e. The molecular weight excluding hydrogens is 216 g/mol. The molecule has 0 radical (unpaired) electrons. The first-order valence-electron chi connectivity index (χ1n) is 5.62. The lowest BCUT2D eigenvalue weighted by molar-refractivity contribution is 0.675. The Labute approximate surface area is 102 Å². The Balaban J connectivity index is 2.45. The standard InChI is InChI=1S/C13H18N2S/c1-3-8-15-10-12-4-6-13(7-5-12)16-11(2)9-14/h4-7,11,15H,3,8,10H2,1-2H3. The summed E-state index contributed by atoms with van der Waals surface area (Å²) in [5, 5.41) is 12.1. The number of nitrogens with one attached hydrogen (secondary N) is 1. The molecule has 1 unspecified atom stereocenters. The number of benzene rings is 1. The van der Waals surface area contributed by atoms with Gasteiger partial charge in [-0.15, -0.1) is 11.8 Å². The van der Waals surface area contributed by atoms with Crippen LogP contribution in [-0.2, 0) is 6.54 Å². The first-order valence-corrected chi connectivity index (χ1v) is 6.50. The lowest BCUT2D eigenvalue weighted by Crippen LogP contribution is -2.13. The van der Waals surface area contributed by atoms with E-state index in [1.54, 1.807) is 11.8 Å². The van der Waals surface area contributed by atoms with Crippen LogP contribution in [0.1, 0.15) is 25.8 Å². The molecular formula is C13H18N2S. The van der Waals surface area contributed by atoms with Crippen LogP contribution in [-0.4, -0.2) is 11.8 Å². The second-order valence-electron chi connectivity index (χ2n) is 3.71. The van der Waals surface area contributed by atoms with Crippen molar-refractivity contribution < 1.29 is 0 Å². The average Bonchev–Trinajstić information content (AvgIpc) is 2.31. The fourth-order valence-corrected chi connectivity index (χ4v) is 2.08. The van der Waals surface area contributed by atoms with Gasteiger partial charge in [-0.25, -0.2) is 0 Å². The zero-order valence-corrected chi connectivity index (χ0v) is 10.7. The van der Waals surface area contributed by atoms with Crippen LogP contribution in [0.3, 0.4) is 0 Å². The van der Waals surface area contributed by atoms with Crippen molar-refractivity contribution in [2.75, 3.05) is 6.54 Å². The van der Waals surface area contributed by atoms with E-state index in [1.807, 2.05) is 6.92 Å². The van der Waals surface area contributed by atoms with Gasteiger partial charge in [0.1, 0.15) is 0 Å². The second kappa shape index (κ2) is 7.32. The van der Waals surface area contributed by atoms with E-state index in [-0.39, 0.29) is 5.25 Å². The summed E-state index contributed by atoms with van der Waals surface area (Å²) in [6.07, 6.45) is 1.16. The van der Waals surface area contributed by atoms with E-state index in [9.17, 15) is 0 Å². The molecule has 0 spiro atoms. The van der Waals surface area contributed by atoms with E-state index < -0.39 is 0 Å².